The highest BCUT2D eigenvalue weighted by Gasteiger charge is 2.17. The van der Waals surface area contributed by atoms with Crippen LogP contribution in [0.25, 0.3) is 11.2 Å². The van der Waals surface area contributed by atoms with E-state index in [2.05, 4.69) is 20.1 Å². The average Bonchev–Trinajstić information content (AvgIpc) is 2.99. The molecule has 0 aliphatic rings. The van der Waals surface area contributed by atoms with E-state index in [9.17, 15) is 0 Å². The molecule has 3 rings (SSSR count). The Balaban J connectivity index is 1.97. The van der Waals surface area contributed by atoms with Crippen LogP contribution in [0.4, 0.5) is 0 Å². The van der Waals surface area contributed by atoms with Gasteiger partial charge < -0.3 is 9.09 Å². The van der Waals surface area contributed by atoms with E-state index in [1.165, 1.54) is 0 Å². The smallest absolute Gasteiger partial charge is 0.228 e. The fraction of sp³-hybridized carbons (Fsp3) is 0.385. The summed E-state index contributed by atoms with van der Waals surface area (Å²) >= 11 is 12.2. The Morgan fingerprint density at radius 3 is 2.86 bits per heavy atom. The highest BCUT2D eigenvalue weighted by molar-refractivity contribution is 6.31. The summed E-state index contributed by atoms with van der Waals surface area (Å²) in [5, 5.41) is 4.09. The molecule has 0 N–H and O–H groups in total. The Morgan fingerprint density at radius 2 is 2.19 bits per heavy atom. The topological polar surface area (TPSA) is 69.6 Å². The second-order valence-corrected chi connectivity index (χ2v) is 5.81. The van der Waals surface area contributed by atoms with Crippen molar-refractivity contribution in [1.29, 1.82) is 0 Å². The Labute approximate surface area is 131 Å². The van der Waals surface area contributed by atoms with Gasteiger partial charge in [0.05, 0.1) is 10.4 Å². The van der Waals surface area contributed by atoms with Crippen LogP contribution in [0.5, 0.6) is 0 Å². The van der Waals surface area contributed by atoms with E-state index in [0.29, 0.717) is 29.7 Å². The third-order valence-corrected chi connectivity index (χ3v) is 3.46. The highest BCUT2D eigenvalue weighted by Crippen LogP contribution is 2.25. The van der Waals surface area contributed by atoms with Crippen molar-refractivity contribution in [2.45, 2.75) is 32.2 Å². The first-order chi connectivity index (χ1) is 10.0. The standard InChI is InChI=1S/C13H13Cl2N5O/c1-7(14)12-18-10-5-9(15)6-16-13(10)20(12)4-3-11-17-8(2)19-21-11/h5-7H,3-4H2,1-2H3. The normalized spacial score (nSPS) is 13.0. The third kappa shape index (κ3) is 2.87. The van der Waals surface area contributed by atoms with Crippen molar-refractivity contribution in [2.24, 2.45) is 0 Å². The van der Waals surface area contributed by atoms with Gasteiger partial charge in [-0.1, -0.05) is 16.8 Å². The maximum atomic E-state index is 6.21. The molecule has 0 radical (unpaired) electrons. The predicted octanol–water partition coefficient (Wildman–Crippen LogP) is 3.32. The van der Waals surface area contributed by atoms with Gasteiger partial charge >= 0.3 is 0 Å². The van der Waals surface area contributed by atoms with Crippen LogP contribution in [-0.4, -0.2) is 24.7 Å². The SMILES string of the molecule is Cc1noc(CCn2c(C(C)Cl)nc3cc(Cl)cnc32)n1. The molecule has 0 spiro atoms. The number of rotatable bonds is 4. The molecule has 1 unspecified atom stereocenters. The fourth-order valence-electron chi connectivity index (χ4n) is 2.18. The van der Waals surface area contributed by atoms with E-state index in [1.54, 1.807) is 19.2 Å². The summed E-state index contributed by atoms with van der Waals surface area (Å²) in [6.45, 7) is 4.27. The lowest BCUT2D eigenvalue weighted by Crippen LogP contribution is -2.07. The Hall–Kier alpha value is -1.66. The van der Waals surface area contributed by atoms with Crippen LogP contribution in [0.1, 0.15) is 29.8 Å². The molecule has 0 aliphatic carbocycles. The first-order valence-corrected chi connectivity index (χ1v) is 7.31. The molecule has 0 bridgehead atoms. The van der Waals surface area contributed by atoms with E-state index in [4.69, 9.17) is 27.7 Å². The van der Waals surface area contributed by atoms with E-state index < -0.39 is 0 Å². The van der Waals surface area contributed by atoms with Gasteiger partial charge in [-0.3, -0.25) is 0 Å². The molecule has 21 heavy (non-hydrogen) atoms. The van der Waals surface area contributed by atoms with Crippen LogP contribution >= 0.6 is 23.2 Å². The van der Waals surface area contributed by atoms with Gasteiger partial charge in [-0.15, -0.1) is 11.6 Å². The summed E-state index contributed by atoms with van der Waals surface area (Å²) in [7, 11) is 0. The van der Waals surface area contributed by atoms with Crippen LogP contribution in [0.15, 0.2) is 16.8 Å². The third-order valence-electron chi connectivity index (χ3n) is 3.06. The lowest BCUT2D eigenvalue weighted by atomic mass is 10.3. The molecule has 3 aromatic heterocycles. The summed E-state index contributed by atoms with van der Waals surface area (Å²) in [6.07, 6.45) is 2.19. The molecular formula is C13H13Cl2N5O. The van der Waals surface area contributed by atoms with Gasteiger partial charge in [-0.2, -0.15) is 4.98 Å². The van der Waals surface area contributed by atoms with Gasteiger partial charge in [-0.25, -0.2) is 9.97 Å². The molecule has 8 heteroatoms. The number of fused-ring (bicyclic) bond motifs is 1. The summed E-state index contributed by atoms with van der Waals surface area (Å²) in [4.78, 5) is 13.0. The van der Waals surface area contributed by atoms with Crippen molar-refractivity contribution in [3.05, 3.63) is 34.8 Å². The van der Waals surface area contributed by atoms with Crippen LogP contribution < -0.4 is 0 Å². The molecule has 3 heterocycles. The summed E-state index contributed by atoms with van der Waals surface area (Å²) in [5.74, 6) is 1.95. The zero-order chi connectivity index (χ0) is 15.0. The van der Waals surface area contributed by atoms with Crippen LogP contribution in [0, 0.1) is 6.92 Å². The van der Waals surface area contributed by atoms with Crippen molar-refractivity contribution < 1.29 is 4.52 Å². The lowest BCUT2D eigenvalue weighted by molar-refractivity contribution is 0.368. The number of imidazole rings is 1. The first kappa shape index (κ1) is 14.3. The molecule has 1 atom stereocenters. The van der Waals surface area contributed by atoms with Crippen LogP contribution in [-0.2, 0) is 13.0 Å². The second kappa shape index (κ2) is 5.61. The number of pyridine rings is 1. The average molecular weight is 326 g/mol. The molecule has 110 valence electrons. The van der Waals surface area contributed by atoms with Gasteiger partial charge in [0.25, 0.3) is 0 Å². The molecular weight excluding hydrogens is 313 g/mol. The molecule has 0 saturated heterocycles. The number of hydrogen-bond acceptors (Lipinski definition) is 5. The summed E-state index contributed by atoms with van der Waals surface area (Å²) < 4.78 is 7.09. The number of halogens is 2. The molecule has 0 saturated carbocycles. The van der Waals surface area contributed by atoms with Crippen LogP contribution in [0.2, 0.25) is 5.02 Å². The molecule has 3 aromatic rings. The van der Waals surface area contributed by atoms with Gasteiger partial charge in [0.15, 0.2) is 11.5 Å². The maximum Gasteiger partial charge on any atom is 0.228 e. The zero-order valence-electron chi connectivity index (χ0n) is 11.5. The quantitative estimate of drug-likeness (QED) is 0.688. The van der Waals surface area contributed by atoms with Crippen molar-refractivity contribution in [2.75, 3.05) is 0 Å². The van der Waals surface area contributed by atoms with Gasteiger partial charge in [0, 0.05) is 19.2 Å². The molecule has 0 aromatic carbocycles. The number of hydrogen-bond donors (Lipinski definition) is 0. The Bertz CT molecular complexity index is 780. The predicted molar refractivity (Wildman–Crippen MR) is 79.5 cm³/mol. The van der Waals surface area contributed by atoms with E-state index >= 15 is 0 Å². The van der Waals surface area contributed by atoms with Crippen LogP contribution in [0.3, 0.4) is 0 Å². The molecule has 0 fully saturated rings. The minimum Gasteiger partial charge on any atom is -0.339 e. The minimum atomic E-state index is -0.234. The Morgan fingerprint density at radius 1 is 1.38 bits per heavy atom. The number of nitrogens with zero attached hydrogens (tertiary/aromatic N) is 5. The monoisotopic (exact) mass is 325 g/mol. The van der Waals surface area contributed by atoms with Crippen molar-refractivity contribution >= 4 is 34.4 Å². The second-order valence-electron chi connectivity index (χ2n) is 4.72. The lowest BCUT2D eigenvalue weighted by Gasteiger charge is -2.08. The maximum absolute atomic E-state index is 6.21. The number of aryl methyl sites for hydroxylation is 3. The van der Waals surface area contributed by atoms with E-state index in [1.807, 2.05) is 11.5 Å². The van der Waals surface area contributed by atoms with Crippen molar-refractivity contribution in [1.82, 2.24) is 24.7 Å². The van der Waals surface area contributed by atoms with Gasteiger partial charge in [-0.05, 0) is 19.9 Å². The largest absolute Gasteiger partial charge is 0.339 e. The molecule has 0 amide bonds. The number of aromatic nitrogens is 5. The highest BCUT2D eigenvalue weighted by atomic mass is 35.5. The Kier molecular flexibility index (Phi) is 3.82. The van der Waals surface area contributed by atoms with E-state index in [0.717, 1.165) is 17.0 Å². The van der Waals surface area contributed by atoms with E-state index in [-0.39, 0.29) is 5.38 Å². The fourth-order valence-corrected chi connectivity index (χ4v) is 2.50. The van der Waals surface area contributed by atoms with Crippen molar-refractivity contribution in [3.8, 4) is 0 Å². The van der Waals surface area contributed by atoms with Gasteiger partial charge in [0.2, 0.25) is 5.89 Å². The van der Waals surface area contributed by atoms with Crippen molar-refractivity contribution in [3.63, 3.8) is 0 Å². The molecule has 0 aliphatic heterocycles. The minimum absolute atomic E-state index is 0.234. The van der Waals surface area contributed by atoms with Gasteiger partial charge in [0.1, 0.15) is 11.3 Å². The summed E-state index contributed by atoms with van der Waals surface area (Å²) in [6, 6.07) is 1.78. The molecule has 6 nitrogen and oxygen atoms in total. The first-order valence-electron chi connectivity index (χ1n) is 6.49. The zero-order valence-corrected chi connectivity index (χ0v) is 13.1. The number of alkyl halides is 1. The summed E-state index contributed by atoms with van der Waals surface area (Å²) in [5.41, 5.74) is 1.48.